The number of hydrogen-bond acceptors (Lipinski definition) is 5. The van der Waals surface area contributed by atoms with Crippen LogP contribution >= 0.6 is 11.5 Å². The summed E-state index contributed by atoms with van der Waals surface area (Å²) >= 11 is 1.21. The molecule has 5 nitrogen and oxygen atoms in total. The lowest BCUT2D eigenvalue weighted by molar-refractivity contribution is 0.102. The number of carbonyl (C=O) groups is 1. The molecule has 4 aromatic rings. The summed E-state index contributed by atoms with van der Waals surface area (Å²) in [5.74, 6) is 1.12. The summed E-state index contributed by atoms with van der Waals surface area (Å²) in [5.41, 5.74) is 5.68. The van der Waals surface area contributed by atoms with Crippen LogP contribution in [-0.4, -0.2) is 15.3 Å². The number of rotatable bonds is 6. The van der Waals surface area contributed by atoms with Crippen LogP contribution in [0.2, 0.25) is 0 Å². The third-order valence-corrected chi connectivity index (χ3v) is 5.70. The highest BCUT2D eigenvalue weighted by molar-refractivity contribution is 7.07. The first-order valence-corrected chi connectivity index (χ1v) is 10.8. The molecule has 6 heteroatoms. The maximum atomic E-state index is 12.7. The highest BCUT2D eigenvalue weighted by Crippen LogP contribution is 2.28. The molecule has 1 heterocycles. The lowest BCUT2D eigenvalue weighted by Gasteiger charge is -2.10. The van der Waals surface area contributed by atoms with Gasteiger partial charge in [0.05, 0.1) is 0 Å². The summed E-state index contributed by atoms with van der Waals surface area (Å²) in [5, 5.41) is 3.41. The number of carbonyl (C=O) groups excluding carboxylic acids is 1. The Hall–Kier alpha value is -3.51. The van der Waals surface area contributed by atoms with Crippen molar-refractivity contribution in [2.75, 3.05) is 5.32 Å². The first-order chi connectivity index (χ1) is 15.0. The van der Waals surface area contributed by atoms with E-state index in [2.05, 4.69) is 14.7 Å². The average Bonchev–Trinajstić information content (AvgIpc) is 3.19. The number of aromatic nitrogens is 2. The Labute approximate surface area is 185 Å². The van der Waals surface area contributed by atoms with Gasteiger partial charge in [-0.05, 0) is 67.3 Å². The van der Waals surface area contributed by atoms with Crippen molar-refractivity contribution >= 4 is 23.1 Å². The standard InChI is InChI=1S/C25H23N3O2S/c1-16-10-12-21(13-18(16)3)26-24(29)20-11-9-17(2)22(15-20)30-25-27-23(28-31-25)14-19-7-5-4-6-8-19/h4-13,15H,14H2,1-3H3,(H,26,29). The molecular formula is C25H23N3O2S. The summed E-state index contributed by atoms with van der Waals surface area (Å²) in [4.78, 5) is 17.2. The molecule has 0 aliphatic carbocycles. The van der Waals surface area contributed by atoms with Crippen LogP contribution in [0.5, 0.6) is 10.9 Å². The molecule has 0 radical (unpaired) electrons. The zero-order chi connectivity index (χ0) is 21.8. The second-order valence-corrected chi connectivity index (χ2v) is 8.19. The van der Waals surface area contributed by atoms with Gasteiger partial charge in [0.1, 0.15) is 5.75 Å². The van der Waals surface area contributed by atoms with Gasteiger partial charge >= 0.3 is 0 Å². The molecule has 0 saturated carbocycles. The third kappa shape index (κ3) is 5.16. The highest BCUT2D eigenvalue weighted by atomic mass is 32.1. The van der Waals surface area contributed by atoms with Crippen molar-refractivity contribution in [3.05, 3.63) is 100 Å². The fraction of sp³-hybridized carbons (Fsp3) is 0.160. The number of hydrogen-bond donors (Lipinski definition) is 1. The van der Waals surface area contributed by atoms with Gasteiger partial charge in [-0.3, -0.25) is 4.79 Å². The van der Waals surface area contributed by atoms with Crippen LogP contribution in [0.1, 0.15) is 38.4 Å². The van der Waals surface area contributed by atoms with Crippen molar-refractivity contribution in [1.29, 1.82) is 0 Å². The normalized spacial score (nSPS) is 10.7. The van der Waals surface area contributed by atoms with Crippen LogP contribution in [0.15, 0.2) is 66.7 Å². The Bertz CT molecular complexity index is 1220. The van der Waals surface area contributed by atoms with Crippen LogP contribution in [-0.2, 0) is 6.42 Å². The van der Waals surface area contributed by atoms with Gasteiger partial charge in [0.2, 0.25) is 0 Å². The van der Waals surface area contributed by atoms with Gasteiger partial charge in [-0.15, -0.1) is 0 Å². The van der Waals surface area contributed by atoms with E-state index in [0.717, 1.165) is 22.4 Å². The predicted molar refractivity (Wildman–Crippen MR) is 124 cm³/mol. The topological polar surface area (TPSA) is 64.1 Å². The summed E-state index contributed by atoms with van der Waals surface area (Å²) < 4.78 is 10.4. The van der Waals surface area contributed by atoms with Gasteiger partial charge in [0.25, 0.3) is 11.1 Å². The number of amides is 1. The zero-order valence-corrected chi connectivity index (χ0v) is 18.5. The van der Waals surface area contributed by atoms with Gasteiger partial charge in [-0.2, -0.15) is 9.36 Å². The average molecular weight is 430 g/mol. The Morgan fingerprint density at radius 1 is 0.935 bits per heavy atom. The van der Waals surface area contributed by atoms with Crippen LogP contribution in [0.3, 0.4) is 0 Å². The first-order valence-electron chi connectivity index (χ1n) is 10.0. The molecule has 1 aromatic heterocycles. The molecule has 0 spiro atoms. The molecule has 0 unspecified atom stereocenters. The minimum Gasteiger partial charge on any atom is -0.430 e. The lowest BCUT2D eigenvalue weighted by atomic mass is 10.1. The van der Waals surface area contributed by atoms with Gasteiger partial charge < -0.3 is 10.1 Å². The minimum absolute atomic E-state index is 0.185. The van der Waals surface area contributed by atoms with Crippen molar-refractivity contribution in [2.45, 2.75) is 27.2 Å². The SMILES string of the molecule is Cc1ccc(NC(=O)c2ccc(C)c(Oc3nc(Cc4ccccc4)ns3)c2)cc1C. The van der Waals surface area contributed by atoms with Crippen LogP contribution in [0.4, 0.5) is 5.69 Å². The Morgan fingerprint density at radius 3 is 2.48 bits per heavy atom. The van der Waals surface area contributed by atoms with E-state index in [1.54, 1.807) is 12.1 Å². The fourth-order valence-electron chi connectivity index (χ4n) is 3.10. The lowest BCUT2D eigenvalue weighted by Crippen LogP contribution is -2.12. The smallest absolute Gasteiger partial charge is 0.298 e. The van der Waals surface area contributed by atoms with Crippen molar-refractivity contribution in [1.82, 2.24) is 9.36 Å². The monoisotopic (exact) mass is 429 g/mol. The number of nitrogens with one attached hydrogen (secondary N) is 1. The molecule has 0 bridgehead atoms. The molecule has 156 valence electrons. The number of aryl methyl sites for hydroxylation is 3. The predicted octanol–water partition coefficient (Wildman–Crippen LogP) is 6.10. The molecule has 1 N–H and O–H groups in total. The number of ether oxygens (including phenoxy) is 1. The number of benzene rings is 3. The quantitative estimate of drug-likeness (QED) is 0.402. The Kier molecular flexibility index (Phi) is 6.09. The fourth-order valence-corrected chi connectivity index (χ4v) is 3.66. The molecule has 3 aromatic carbocycles. The van der Waals surface area contributed by atoms with E-state index >= 15 is 0 Å². The summed E-state index contributed by atoms with van der Waals surface area (Å²) in [7, 11) is 0. The molecular weight excluding hydrogens is 406 g/mol. The largest absolute Gasteiger partial charge is 0.430 e. The Balaban J connectivity index is 1.47. The summed E-state index contributed by atoms with van der Waals surface area (Å²) in [6.07, 6.45) is 0.651. The van der Waals surface area contributed by atoms with Gasteiger partial charge in [0, 0.05) is 29.2 Å². The molecule has 0 fully saturated rings. The summed E-state index contributed by atoms with van der Waals surface area (Å²) in [6.45, 7) is 6.01. The second kappa shape index (κ2) is 9.10. The van der Waals surface area contributed by atoms with E-state index in [4.69, 9.17) is 4.74 Å². The molecule has 31 heavy (non-hydrogen) atoms. The van der Waals surface area contributed by atoms with Gasteiger partial charge in [-0.25, -0.2) is 0 Å². The number of nitrogens with zero attached hydrogens (tertiary/aromatic N) is 2. The Morgan fingerprint density at radius 2 is 1.71 bits per heavy atom. The van der Waals surface area contributed by atoms with Crippen molar-refractivity contribution in [2.24, 2.45) is 0 Å². The van der Waals surface area contributed by atoms with Gasteiger partial charge in [-0.1, -0.05) is 42.5 Å². The van der Waals surface area contributed by atoms with Crippen LogP contribution in [0.25, 0.3) is 0 Å². The van der Waals surface area contributed by atoms with Gasteiger partial charge in [0.15, 0.2) is 5.82 Å². The molecule has 0 aliphatic heterocycles. The highest BCUT2D eigenvalue weighted by Gasteiger charge is 2.13. The van der Waals surface area contributed by atoms with E-state index in [9.17, 15) is 4.79 Å². The first kappa shape index (κ1) is 20.8. The number of anilines is 1. The maximum absolute atomic E-state index is 12.7. The summed E-state index contributed by atoms with van der Waals surface area (Å²) in [6, 6.07) is 21.3. The molecule has 1 amide bonds. The third-order valence-electron chi connectivity index (χ3n) is 5.07. The molecule has 0 saturated heterocycles. The molecule has 0 aliphatic rings. The molecule has 0 atom stereocenters. The van der Waals surface area contributed by atoms with Crippen LogP contribution < -0.4 is 10.1 Å². The van der Waals surface area contributed by atoms with E-state index in [1.165, 1.54) is 17.1 Å². The van der Waals surface area contributed by atoms with E-state index in [0.29, 0.717) is 28.8 Å². The van der Waals surface area contributed by atoms with Crippen molar-refractivity contribution < 1.29 is 9.53 Å². The second-order valence-electron chi connectivity index (χ2n) is 7.47. The van der Waals surface area contributed by atoms with E-state index in [1.807, 2.05) is 75.4 Å². The van der Waals surface area contributed by atoms with Crippen LogP contribution in [0, 0.1) is 20.8 Å². The van der Waals surface area contributed by atoms with Crippen molar-refractivity contribution in [3.63, 3.8) is 0 Å². The minimum atomic E-state index is -0.185. The van der Waals surface area contributed by atoms with E-state index in [-0.39, 0.29) is 5.91 Å². The van der Waals surface area contributed by atoms with E-state index < -0.39 is 0 Å². The molecule has 4 rings (SSSR count). The maximum Gasteiger partial charge on any atom is 0.298 e. The van der Waals surface area contributed by atoms with Crippen molar-refractivity contribution in [3.8, 4) is 10.9 Å². The zero-order valence-electron chi connectivity index (χ0n) is 17.7.